The van der Waals surface area contributed by atoms with E-state index in [1.54, 1.807) is 48.5 Å². The lowest BCUT2D eigenvalue weighted by atomic mass is 9.84. The molecule has 0 N–H and O–H groups in total. The van der Waals surface area contributed by atoms with Crippen LogP contribution in [0.25, 0.3) is 0 Å². The Balaban J connectivity index is 1.01. The smallest absolute Gasteiger partial charge is 0.240 e. The predicted molar refractivity (Wildman–Crippen MR) is 195 cm³/mol. The summed E-state index contributed by atoms with van der Waals surface area (Å²) in [6.07, 6.45) is 0.415. The zero-order valence-electron chi connectivity index (χ0n) is 23.7. The van der Waals surface area contributed by atoms with Crippen LogP contribution in [0.3, 0.4) is 0 Å². The summed E-state index contributed by atoms with van der Waals surface area (Å²) in [4.78, 5) is 49.0. The van der Waals surface area contributed by atoms with Crippen molar-refractivity contribution in [3.05, 3.63) is 79.8 Å². The minimum absolute atomic E-state index is 0.167. The topological polar surface area (TPSA) is 74.8 Å². The third kappa shape index (κ3) is 3.71. The van der Waals surface area contributed by atoms with Gasteiger partial charge in [0.25, 0.3) is 0 Å². The fraction of sp³-hybridized carbons (Fsp3) is 0.355. The van der Waals surface area contributed by atoms with Gasteiger partial charge in [0.2, 0.25) is 23.6 Å². The number of hydrogen-bond acceptors (Lipinski definition) is 4. The van der Waals surface area contributed by atoms with E-state index in [1.165, 1.54) is 0 Å². The molecule has 6 aliphatic rings. The Hall–Kier alpha value is -0.320. The maximum absolute atomic E-state index is 13.7. The van der Waals surface area contributed by atoms with Gasteiger partial charge in [-0.25, -0.2) is 9.80 Å². The molecule has 2 saturated heterocycles. The van der Waals surface area contributed by atoms with Gasteiger partial charge in [0.15, 0.2) is 8.67 Å². The van der Waals surface area contributed by atoms with Gasteiger partial charge in [-0.2, -0.15) is 0 Å². The normalized spacial score (nSPS) is 39.7. The molecule has 0 aromatic heterocycles. The number of rotatable bonds is 4. The fourth-order valence-electron chi connectivity index (χ4n) is 8.26. The van der Waals surface area contributed by atoms with Crippen molar-refractivity contribution < 1.29 is 19.2 Å². The summed E-state index contributed by atoms with van der Waals surface area (Å²) in [7, 11) is 0. The van der Waals surface area contributed by atoms with Gasteiger partial charge >= 0.3 is 0 Å². The molecule has 2 heterocycles. The largest absolute Gasteiger partial charge is 0.274 e. The molecule has 2 aliphatic heterocycles. The average Bonchev–Trinajstić information content (AvgIpc) is 3.64. The van der Waals surface area contributed by atoms with Crippen LogP contribution in [0.4, 0.5) is 11.4 Å². The molecule has 0 radical (unpaired) electrons. The van der Waals surface area contributed by atoms with E-state index in [9.17, 15) is 19.2 Å². The minimum atomic E-state index is -2.02. The average molecular weight is 904 g/mol. The van der Waals surface area contributed by atoms with Gasteiger partial charge < -0.3 is 0 Å². The van der Waals surface area contributed by atoms with Crippen molar-refractivity contribution in [2.45, 2.75) is 34.6 Å². The molecule has 4 fully saturated rings. The van der Waals surface area contributed by atoms with Crippen LogP contribution in [0.1, 0.15) is 11.1 Å². The molecule has 2 aromatic carbocycles. The summed E-state index contributed by atoms with van der Waals surface area (Å²) in [5.74, 6) is -7.60. The van der Waals surface area contributed by atoms with Crippen LogP contribution >= 0.6 is 139 Å². The molecule has 49 heavy (non-hydrogen) atoms. The molecule has 18 heteroatoms. The standard InChI is InChI=1S/C31H14Cl12N2O4/c32-18-19(33)27(37)15-14(26(18,36)30(27,40)41)22(46)44(23(15)47)12-5-1-10(2-6-12)9-11-3-7-13(8-4-11)45-24(48)16-17(25(45)49)29(39)21(35)20(34)28(16,38)31(29,42)43/h1-8,14-17H,9H2/t14-,15+,16-,17+,26-,27-,28-,29-/m1/s1. The van der Waals surface area contributed by atoms with Gasteiger partial charge in [-0.3, -0.25) is 19.2 Å². The van der Waals surface area contributed by atoms with E-state index in [2.05, 4.69) is 0 Å². The Kier molecular flexibility index (Phi) is 7.77. The monoisotopic (exact) mass is 898 g/mol. The van der Waals surface area contributed by atoms with Gasteiger partial charge in [-0.05, 0) is 41.8 Å². The van der Waals surface area contributed by atoms with Crippen molar-refractivity contribution in [2.24, 2.45) is 23.7 Å². The fourth-order valence-corrected chi connectivity index (χ4v) is 14.1. The van der Waals surface area contributed by atoms with Gasteiger partial charge in [-0.15, -0.1) is 46.4 Å². The lowest BCUT2D eigenvalue weighted by Crippen LogP contribution is -2.50. The highest BCUT2D eigenvalue weighted by Crippen LogP contribution is 2.79. The number of carbonyl (C=O) groups is 4. The lowest BCUT2D eigenvalue weighted by molar-refractivity contribution is -0.124. The SMILES string of the molecule is O=C1[C@@H]2[C@H](C(=O)N1c1ccc(Cc3ccc(N4C(=O)[C@@H]5[C@H](C4=O)[C@@]4(Cl)C(Cl)=C(Cl)[C@@]5(Cl)C4(Cl)Cl)cc3)cc1)[C@@]1(Cl)C(Cl)=C(Cl)[C@@]2(Cl)C1(Cl)Cl. The summed E-state index contributed by atoms with van der Waals surface area (Å²) in [6, 6.07) is 13.4. The molecule has 8 atom stereocenters. The van der Waals surface area contributed by atoms with E-state index in [4.69, 9.17) is 139 Å². The van der Waals surface area contributed by atoms with Gasteiger partial charge in [0.05, 0.1) is 55.2 Å². The summed E-state index contributed by atoms with van der Waals surface area (Å²) in [5, 5.41) is -0.670. The Bertz CT molecular complexity index is 1800. The molecule has 0 unspecified atom stereocenters. The second kappa shape index (κ2) is 10.7. The highest BCUT2D eigenvalue weighted by Gasteiger charge is 2.89. The van der Waals surface area contributed by atoms with Crippen LogP contribution in [0, 0.1) is 23.7 Å². The number of nitrogens with zero attached hydrogens (tertiary/aromatic N) is 2. The van der Waals surface area contributed by atoms with Crippen LogP contribution in [0.2, 0.25) is 0 Å². The Morgan fingerprint density at radius 3 is 0.878 bits per heavy atom. The quantitative estimate of drug-likeness (QED) is 0.227. The number of benzene rings is 2. The third-order valence-corrected chi connectivity index (χ3v) is 19.1. The van der Waals surface area contributed by atoms with Gasteiger partial charge in [0, 0.05) is 0 Å². The first-order valence-corrected chi connectivity index (χ1v) is 18.8. The Morgan fingerprint density at radius 2 is 0.653 bits per heavy atom. The van der Waals surface area contributed by atoms with Crippen molar-refractivity contribution in [3.8, 4) is 0 Å². The van der Waals surface area contributed by atoms with Crippen LogP contribution in [-0.4, -0.2) is 51.8 Å². The number of halogens is 12. The van der Waals surface area contributed by atoms with Crippen LogP contribution in [-0.2, 0) is 25.6 Å². The van der Waals surface area contributed by atoms with Gasteiger partial charge in [-0.1, -0.05) is 117 Å². The molecule has 2 aromatic rings. The number of fused-ring (bicyclic) bond motifs is 10. The van der Waals surface area contributed by atoms with Gasteiger partial charge in [0.1, 0.15) is 19.5 Å². The van der Waals surface area contributed by atoms with E-state index in [-0.39, 0.29) is 31.5 Å². The molecule has 8 rings (SSSR count). The number of alkyl halides is 8. The van der Waals surface area contributed by atoms with Crippen LogP contribution < -0.4 is 9.80 Å². The molecule has 0 spiro atoms. The number of amides is 4. The van der Waals surface area contributed by atoms with E-state index in [0.29, 0.717) is 6.42 Å². The summed E-state index contributed by atoms with van der Waals surface area (Å²) < 4.78 is -4.04. The first kappa shape index (κ1) is 35.7. The number of anilines is 2. The van der Waals surface area contributed by atoms with E-state index in [0.717, 1.165) is 20.9 Å². The number of carbonyl (C=O) groups excluding carboxylic acids is 4. The van der Waals surface area contributed by atoms with E-state index >= 15 is 0 Å². The van der Waals surface area contributed by atoms with Crippen molar-refractivity contribution in [1.29, 1.82) is 0 Å². The molecular formula is C31H14Cl12N2O4. The van der Waals surface area contributed by atoms with Crippen LogP contribution in [0.15, 0.2) is 68.7 Å². The zero-order chi connectivity index (χ0) is 35.8. The number of hydrogen-bond donors (Lipinski definition) is 0. The summed E-state index contributed by atoms with van der Waals surface area (Å²) >= 11 is 79.0. The first-order valence-electron chi connectivity index (χ1n) is 14.3. The summed E-state index contributed by atoms with van der Waals surface area (Å²) in [6.45, 7) is 0. The highest BCUT2D eigenvalue weighted by molar-refractivity contribution is 6.68. The third-order valence-electron chi connectivity index (χ3n) is 10.6. The van der Waals surface area contributed by atoms with E-state index < -0.39 is 75.5 Å². The molecule has 4 aliphatic carbocycles. The highest BCUT2D eigenvalue weighted by atomic mass is 35.5. The van der Waals surface area contributed by atoms with E-state index in [1.807, 2.05) is 0 Å². The van der Waals surface area contributed by atoms with Crippen molar-refractivity contribution in [2.75, 3.05) is 9.80 Å². The lowest BCUT2D eigenvalue weighted by Gasteiger charge is -2.34. The molecule has 4 amide bonds. The molecule has 6 nitrogen and oxygen atoms in total. The Morgan fingerprint density at radius 1 is 0.429 bits per heavy atom. The first-order chi connectivity index (χ1) is 22.7. The summed E-state index contributed by atoms with van der Waals surface area (Å²) in [5.41, 5.74) is 2.18. The second-order valence-corrected chi connectivity index (χ2v) is 19.2. The number of imide groups is 2. The zero-order valence-corrected chi connectivity index (χ0v) is 32.8. The second-order valence-electron chi connectivity index (χ2n) is 12.7. The maximum atomic E-state index is 13.7. The molecule has 256 valence electrons. The molecule has 2 saturated carbocycles. The molecule has 4 bridgehead atoms. The number of allylic oxidation sites excluding steroid dienone is 4. The molecular weight excluding hydrogens is 890 g/mol. The van der Waals surface area contributed by atoms with Crippen molar-refractivity contribution >= 4 is 174 Å². The van der Waals surface area contributed by atoms with Crippen molar-refractivity contribution in [3.63, 3.8) is 0 Å². The Labute approximate surface area is 338 Å². The van der Waals surface area contributed by atoms with Crippen molar-refractivity contribution in [1.82, 2.24) is 0 Å². The predicted octanol–water partition coefficient (Wildman–Crippen LogP) is 9.18. The maximum Gasteiger partial charge on any atom is 0.240 e. The minimum Gasteiger partial charge on any atom is -0.274 e. The van der Waals surface area contributed by atoms with Crippen LogP contribution in [0.5, 0.6) is 0 Å².